The van der Waals surface area contributed by atoms with Crippen LogP contribution in [-0.2, 0) is 0 Å². The van der Waals surface area contributed by atoms with Crippen molar-refractivity contribution < 1.29 is 4.74 Å². The Labute approximate surface area is 136 Å². The van der Waals surface area contributed by atoms with E-state index in [1.807, 2.05) is 56.3 Å². The van der Waals surface area contributed by atoms with Crippen LogP contribution in [0, 0.1) is 0 Å². The van der Waals surface area contributed by atoms with E-state index in [1.54, 1.807) is 0 Å². The molecule has 0 bridgehead atoms. The van der Waals surface area contributed by atoms with Gasteiger partial charge in [-0.3, -0.25) is 0 Å². The molecule has 4 heteroatoms. The highest BCUT2D eigenvalue weighted by molar-refractivity contribution is 6.39. The molecule has 21 heavy (non-hydrogen) atoms. The van der Waals surface area contributed by atoms with Gasteiger partial charge in [0.15, 0.2) is 0 Å². The first-order valence-electron chi connectivity index (χ1n) is 6.94. The zero-order chi connectivity index (χ0) is 15.4. The van der Waals surface area contributed by atoms with Crippen molar-refractivity contribution in [2.45, 2.75) is 32.9 Å². The summed E-state index contributed by atoms with van der Waals surface area (Å²) in [5, 5.41) is 4.59. The van der Waals surface area contributed by atoms with Crippen LogP contribution in [0.1, 0.15) is 32.4 Å². The van der Waals surface area contributed by atoms with Gasteiger partial charge in [0.05, 0.1) is 21.8 Å². The minimum absolute atomic E-state index is 0.0931. The lowest BCUT2D eigenvalue weighted by Crippen LogP contribution is -2.08. The lowest BCUT2D eigenvalue weighted by molar-refractivity contribution is 0.242. The normalized spacial score (nSPS) is 12.3. The summed E-state index contributed by atoms with van der Waals surface area (Å²) >= 11 is 12.4. The van der Waals surface area contributed by atoms with Crippen LogP contribution in [0.25, 0.3) is 0 Å². The summed E-state index contributed by atoms with van der Waals surface area (Å²) in [7, 11) is 0. The molecular formula is C17H19Cl2NO. The van der Waals surface area contributed by atoms with E-state index < -0.39 is 0 Å². The lowest BCUT2D eigenvalue weighted by atomic mass is 10.1. The second-order valence-corrected chi connectivity index (χ2v) is 6.01. The SMILES string of the molecule is CC(C)Oc1ccc(C(C)Nc2c(Cl)cccc2Cl)cc1. The van der Waals surface area contributed by atoms with Crippen LogP contribution in [0.5, 0.6) is 5.75 Å². The van der Waals surface area contributed by atoms with Crippen LogP contribution in [0.4, 0.5) is 5.69 Å². The molecule has 0 amide bonds. The Kier molecular flexibility index (Phi) is 5.38. The number of para-hydroxylation sites is 1. The monoisotopic (exact) mass is 323 g/mol. The fourth-order valence-electron chi connectivity index (χ4n) is 2.04. The van der Waals surface area contributed by atoms with E-state index in [9.17, 15) is 0 Å². The molecule has 0 aromatic heterocycles. The summed E-state index contributed by atoms with van der Waals surface area (Å²) in [4.78, 5) is 0. The predicted octanol–water partition coefficient (Wildman–Crippen LogP) is 5.95. The Balaban J connectivity index is 2.11. The molecule has 1 atom stereocenters. The number of benzene rings is 2. The van der Waals surface area contributed by atoms with Crippen LogP contribution in [0.15, 0.2) is 42.5 Å². The van der Waals surface area contributed by atoms with E-state index in [4.69, 9.17) is 27.9 Å². The van der Waals surface area contributed by atoms with Crippen molar-refractivity contribution in [1.82, 2.24) is 0 Å². The first-order chi connectivity index (χ1) is 9.97. The van der Waals surface area contributed by atoms with Gasteiger partial charge in [0.25, 0.3) is 0 Å². The minimum Gasteiger partial charge on any atom is -0.491 e. The average molecular weight is 324 g/mol. The fraction of sp³-hybridized carbons (Fsp3) is 0.294. The van der Waals surface area contributed by atoms with E-state index in [2.05, 4.69) is 12.2 Å². The summed E-state index contributed by atoms with van der Waals surface area (Å²) in [5.41, 5.74) is 1.90. The van der Waals surface area contributed by atoms with Crippen molar-refractivity contribution >= 4 is 28.9 Å². The second-order valence-electron chi connectivity index (χ2n) is 5.20. The highest BCUT2D eigenvalue weighted by atomic mass is 35.5. The molecule has 0 radical (unpaired) electrons. The third-order valence-corrected chi connectivity index (χ3v) is 3.71. The predicted molar refractivity (Wildman–Crippen MR) is 90.7 cm³/mol. The van der Waals surface area contributed by atoms with Crippen LogP contribution in [0.3, 0.4) is 0 Å². The standard InChI is InChI=1S/C17H19Cl2NO/c1-11(2)21-14-9-7-13(8-10-14)12(3)20-17-15(18)5-4-6-16(17)19/h4-12,20H,1-3H3. The maximum Gasteiger partial charge on any atom is 0.119 e. The first-order valence-corrected chi connectivity index (χ1v) is 7.70. The number of hydrogen-bond acceptors (Lipinski definition) is 2. The molecule has 2 rings (SSSR count). The molecule has 0 spiro atoms. The summed E-state index contributed by atoms with van der Waals surface area (Å²) in [5.74, 6) is 0.872. The Morgan fingerprint density at radius 3 is 2.00 bits per heavy atom. The van der Waals surface area contributed by atoms with Crippen molar-refractivity contribution in [2.24, 2.45) is 0 Å². The fourth-order valence-corrected chi connectivity index (χ4v) is 2.55. The number of anilines is 1. The highest BCUT2D eigenvalue weighted by Crippen LogP contribution is 2.33. The number of nitrogens with one attached hydrogen (secondary N) is 1. The summed E-state index contributed by atoms with van der Waals surface area (Å²) in [6.07, 6.45) is 0.174. The molecule has 0 saturated heterocycles. The topological polar surface area (TPSA) is 21.3 Å². The van der Waals surface area contributed by atoms with Gasteiger partial charge in [-0.15, -0.1) is 0 Å². The van der Waals surface area contributed by atoms with Crippen molar-refractivity contribution in [3.05, 3.63) is 58.1 Å². The first kappa shape index (κ1) is 16.0. The van der Waals surface area contributed by atoms with Gasteiger partial charge in [-0.2, -0.15) is 0 Å². The van der Waals surface area contributed by atoms with E-state index >= 15 is 0 Å². The molecule has 2 aromatic carbocycles. The van der Waals surface area contributed by atoms with Gasteiger partial charge in [-0.05, 0) is 50.6 Å². The van der Waals surface area contributed by atoms with Crippen LogP contribution in [0.2, 0.25) is 10.0 Å². The molecular weight excluding hydrogens is 305 g/mol. The summed E-state index contributed by atoms with van der Waals surface area (Å²) in [6, 6.07) is 13.6. The maximum absolute atomic E-state index is 6.18. The van der Waals surface area contributed by atoms with Gasteiger partial charge in [0.2, 0.25) is 0 Å². The van der Waals surface area contributed by atoms with Crippen molar-refractivity contribution in [1.29, 1.82) is 0 Å². The molecule has 1 N–H and O–H groups in total. The van der Waals surface area contributed by atoms with Gasteiger partial charge in [-0.25, -0.2) is 0 Å². The molecule has 112 valence electrons. The van der Waals surface area contributed by atoms with Gasteiger partial charge in [-0.1, -0.05) is 41.4 Å². The number of ether oxygens (including phenoxy) is 1. The van der Waals surface area contributed by atoms with Crippen LogP contribution < -0.4 is 10.1 Å². The van der Waals surface area contributed by atoms with E-state index in [0.717, 1.165) is 17.0 Å². The molecule has 0 fully saturated rings. The Hall–Kier alpha value is -1.38. The third kappa shape index (κ3) is 4.29. The smallest absolute Gasteiger partial charge is 0.119 e. The van der Waals surface area contributed by atoms with E-state index in [-0.39, 0.29) is 12.1 Å². The largest absolute Gasteiger partial charge is 0.491 e. The Morgan fingerprint density at radius 1 is 0.905 bits per heavy atom. The van der Waals surface area contributed by atoms with E-state index in [1.165, 1.54) is 0 Å². The average Bonchev–Trinajstić information content (AvgIpc) is 2.43. The third-order valence-electron chi connectivity index (χ3n) is 3.08. The number of hydrogen-bond donors (Lipinski definition) is 1. The zero-order valence-electron chi connectivity index (χ0n) is 12.4. The quantitative estimate of drug-likeness (QED) is 0.733. The summed E-state index contributed by atoms with van der Waals surface area (Å²) in [6.45, 7) is 6.09. The van der Waals surface area contributed by atoms with Crippen molar-refractivity contribution in [3.63, 3.8) is 0 Å². The Bertz CT molecular complexity index is 576. The van der Waals surface area contributed by atoms with E-state index in [0.29, 0.717) is 10.0 Å². The van der Waals surface area contributed by atoms with Crippen molar-refractivity contribution in [2.75, 3.05) is 5.32 Å². The van der Waals surface area contributed by atoms with Crippen LogP contribution in [-0.4, -0.2) is 6.10 Å². The minimum atomic E-state index is 0.0931. The lowest BCUT2D eigenvalue weighted by Gasteiger charge is -2.18. The summed E-state index contributed by atoms with van der Waals surface area (Å²) < 4.78 is 5.64. The molecule has 0 aliphatic carbocycles. The van der Waals surface area contributed by atoms with Crippen LogP contribution >= 0.6 is 23.2 Å². The van der Waals surface area contributed by atoms with Gasteiger partial charge < -0.3 is 10.1 Å². The van der Waals surface area contributed by atoms with Gasteiger partial charge in [0, 0.05) is 6.04 Å². The Morgan fingerprint density at radius 2 is 1.48 bits per heavy atom. The van der Waals surface area contributed by atoms with Gasteiger partial charge >= 0.3 is 0 Å². The zero-order valence-corrected chi connectivity index (χ0v) is 13.9. The molecule has 2 nitrogen and oxygen atoms in total. The highest BCUT2D eigenvalue weighted by Gasteiger charge is 2.11. The second kappa shape index (κ2) is 7.06. The van der Waals surface area contributed by atoms with Gasteiger partial charge in [0.1, 0.15) is 5.75 Å². The number of halogens is 2. The molecule has 0 aliphatic rings. The maximum atomic E-state index is 6.18. The molecule has 0 saturated carbocycles. The molecule has 2 aromatic rings. The molecule has 0 aliphatic heterocycles. The number of rotatable bonds is 5. The van der Waals surface area contributed by atoms with Crippen molar-refractivity contribution in [3.8, 4) is 5.75 Å². The molecule has 0 heterocycles. The molecule has 1 unspecified atom stereocenters.